The fraction of sp³-hybridized carbons (Fsp3) is 0.538. The molecule has 0 amide bonds. The van der Waals surface area contributed by atoms with Crippen molar-refractivity contribution in [3.63, 3.8) is 0 Å². The number of hydrogen-bond acceptors (Lipinski definition) is 3. The molecule has 0 aliphatic carbocycles. The van der Waals surface area contributed by atoms with Crippen LogP contribution in [0.3, 0.4) is 0 Å². The zero-order valence-corrected chi connectivity index (χ0v) is 9.86. The third-order valence-corrected chi connectivity index (χ3v) is 3.16. The van der Waals surface area contributed by atoms with Gasteiger partial charge in [0.15, 0.2) is 0 Å². The van der Waals surface area contributed by atoms with Crippen molar-refractivity contribution in [2.45, 2.75) is 12.8 Å². The summed E-state index contributed by atoms with van der Waals surface area (Å²) in [5.74, 6) is 0.485. The Hall–Kier alpha value is -1.06. The molecule has 1 atom stereocenters. The van der Waals surface area contributed by atoms with E-state index in [0.717, 1.165) is 38.5 Å². The first-order valence-electron chi connectivity index (χ1n) is 5.92. The van der Waals surface area contributed by atoms with Crippen LogP contribution in [0.5, 0.6) is 0 Å². The molecule has 0 radical (unpaired) electrons. The van der Waals surface area contributed by atoms with Gasteiger partial charge in [-0.2, -0.15) is 0 Å². The van der Waals surface area contributed by atoms with E-state index < -0.39 is 0 Å². The summed E-state index contributed by atoms with van der Waals surface area (Å²) in [6, 6.07) is 8.15. The van der Waals surface area contributed by atoms with Gasteiger partial charge in [-0.3, -0.25) is 4.90 Å². The number of nitrogens with zero attached hydrogens (tertiary/aromatic N) is 1. The molecule has 3 heteroatoms. The molecule has 1 aliphatic rings. The highest BCUT2D eigenvalue weighted by Crippen LogP contribution is 2.22. The number of benzene rings is 1. The highest BCUT2D eigenvalue weighted by molar-refractivity contribution is 5.48. The average molecular weight is 220 g/mol. The van der Waals surface area contributed by atoms with E-state index in [1.807, 2.05) is 12.1 Å². The van der Waals surface area contributed by atoms with Crippen LogP contribution in [0.25, 0.3) is 0 Å². The van der Waals surface area contributed by atoms with Crippen molar-refractivity contribution < 1.29 is 4.74 Å². The smallest absolute Gasteiger partial charge is 0.0594 e. The molecule has 1 heterocycles. The number of ether oxygens (including phenoxy) is 1. The molecule has 1 saturated heterocycles. The van der Waals surface area contributed by atoms with E-state index in [1.165, 1.54) is 5.56 Å². The largest absolute Gasteiger partial charge is 0.398 e. The van der Waals surface area contributed by atoms with Crippen LogP contribution in [0, 0.1) is 0 Å². The van der Waals surface area contributed by atoms with Crippen molar-refractivity contribution in [2.75, 3.05) is 38.6 Å². The normalized spacial score (nSPS) is 19.6. The maximum absolute atomic E-state index is 5.98. The average Bonchev–Trinajstić information content (AvgIpc) is 2.31. The molecule has 0 spiro atoms. The van der Waals surface area contributed by atoms with E-state index in [0.29, 0.717) is 5.92 Å². The number of anilines is 1. The van der Waals surface area contributed by atoms with E-state index in [4.69, 9.17) is 10.5 Å². The van der Waals surface area contributed by atoms with Crippen molar-refractivity contribution in [1.82, 2.24) is 4.90 Å². The van der Waals surface area contributed by atoms with Crippen molar-refractivity contribution in [2.24, 2.45) is 0 Å². The van der Waals surface area contributed by atoms with Crippen LogP contribution in [-0.2, 0) is 4.74 Å². The van der Waals surface area contributed by atoms with E-state index >= 15 is 0 Å². The Morgan fingerprint density at radius 2 is 2.00 bits per heavy atom. The number of nitrogens with two attached hydrogens (primary N) is 1. The lowest BCUT2D eigenvalue weighted by Crippen LogP contribution is -2.38. The maximum Gasteiger partial charge on any atom is 0.0594 e. The molecule has 88 valence electrons. The molecule has 16 heavy (non-hydrogen) atoms. The zero-order chi connectivity index (χ0) is 11.4. The summed E-state index contributed by atoms with van der Waals surface area (Å²) in [6.45, 7) is 7.10. The highest BCUT2D eigenvalue weighted by atomic mass is 16.5. The van der Waals surface area contributed by atoms with Gasteiger partial charge in [0.25, 0.3) is 0 Å². The lowest BCUT2D eigenvalue weighted by molar-refractivity contribution is 0.0357. The lowest BCUT2D eigenvalue weighted by atomic mass is 9.99. The van der Waals surface area contributed by atoms with Crippen LogP contribution >= 0.6 is 0 Å². The third kappa shape index (κ3) is 2.74. The number of rotatable bonds is 3. The van der Waals surface area contributed by atoms with Gasteiger partial charge < -0.3 is 10.5 Å². The molecule has 0 bridgehead atoms. The van der Waals surface area contributed by atoms with E-state index in [1.54, 1.807) is 0 Å². The minimum Gasteiger partial charge on any atom is -0.398 e. The minimum absolute atomic E-state index is 0.485. The predicted molar refractivity (Wildman–Crippen MR) is 66.5 cm³/mol. The summed E-state index contributed by atoms with van der Waals surface area (Å²) in [7, 11) is 0. The fourth-order valence-electron chi connectivity index (χ4n) is 2.23. The van der Waals surface area contributed by atoms with E-state index in [2.05, 4.69) is 24.0 Å². The third-order valence-electron chi connectivity index (χ3n) is 3.16. The zero-order valence-electron chi connectivity index (χ0n) is 9.86. The van der Waals surface area contributed by atoms with Crippen molar-refractivity contribution in [1.29, 1.82) is 0 Å². The SMILES string of the molecule is CC(CN1CCOCC1)c1ccccc1N. The predicted octanol–water partition coefficient (Wildman–Crippen LogP) is 1.70. The van der Waals surface area contributed by atoms with Crippen molar-refractivity contribution in [3.05, 3.63) is 29.8 Å². The molecule has 2 rings (SSSR count). The summed E-state index contributed by atoms with van der Waals surface area (Å²) >= 11 is 0. The molecular formula is C13H20N2O. The monoisotopic (exact) mass is 220 g/mol. The lowest BCUT2D eigenvalue weighted by Gasteiger charge is -2.29. The van der Waals surface area contributed by atoms with Crippen LogP contribution in [0.2, 0.25) is 0 Å². The molecule has 0 saturated carbocycles. The molecule has 2 N–H and O–H groups in total. The number of nitrogen functional groups attached to an aromatic ring is 1. The van der Waals surface area contributed by atoms with Gasteiger partial charge >= 0.3 is 0 Å². The molecule has 3 nitrogen and oxygen atoms in total. The maximum atomic E-state index is 5.98. The van der Waals surface area contributed by atoms with Crippen LogP contribution in [0.1, 0.15) is 18.4 Å². The Morgan fingerprint density at radius 1 is 1.31 bits per heavy atom. The van der Waals surface area contributed by atoms with Crippen molar-refractivity contribution in [3.8, 4) is 0 Å². The fourth-order valence-corrected chi connectivity index (χ4v) is 2.23. The van der Waals surface area contributed by atoms with Gasteiger partial charge in [0, 0.05) is 25.3 Å². The highest BCUT2D eigenvalue weighted by Gasteiger charge is 2.15. The Kier molecular flexibility index (Phi) is 3.80. The van der Waals surface area contributed by atoms with Gasteiger partial charge in [0.05, 0.1) is 13.2 Å². The van der Waals surface area contributed by atoms with Crippen LogP contribution < -0.4 is 5.73 Å². The second-order valence-corrected chi connectivity index (χ2v) is 4.44. The summed E-state index contributed by atoms with van der Waals surface area (Å²) in [6.07, 6.45) is 0. The molecule has 1 aromatic carbocycles. The van der Waals surface area contributed by atoms with Gasteiger partial charge in [0.1, 0.15) is 0 Å². The first-order chi connectivity index (χ1) is 7.77. The molecule has 0 aromatic heterocycles. The molecular weight excluding hydrogens is 200 g/mol. The van der Waals surface area contributed by atoms with Gasteiger partial charge in [0.2, 0.25) is 0 Å². The molecule has 1 aromatic rings. The van der Waals surface area contributed by atoms with Gasteiger partial charge in [-0.25, -0.2) is 0 Å². The Balaban J connectivity index is 1.96. The first-order valence-corrected chi connectivity index (χ1v) is 5.92. The van der Waals surface area contributed by atoms with Crippen LogP contribution in [0.4, 0.5) is 5.69 Å². The van der Waals surface area contributed by atoms with Gasteiger partial charge in [-0.1, -0.05) is 25.1 Å². The number of hydrogen-bond donors (Lipinski definition) is 1. The first kappa shape index (κ1) is 11.4. The van der Waals surface area contributed by atoms with Crippen LogP contribution in [-0.4, -0.2) is 37.7 Å². The summed E-state index contributed by atoms with van der Waals surface area (Å²) in [5, 5.41) is 0. The Morgan fingerprint density at radius 3 is 2.69 bits per heavy atom. The summed E-state index contributed by atoms with van der Waals surface area (Å²) in [4.78, 5) is 2.45. The van der Waals surface area contributed by atoms with Crippen LogP contribution in [0.15, 0.2) is 24.3 Å². The van der Waals surface area contributed by atoms with Gasteiger partial charge in [-0.05, 0) is 17.5 Å². The second-order valence-electron chi connectivity index (χ2n) is 4.44. The number of para-hydroxylation sites is 1. The standard InChI is InChI=1S/C13H20N2O/c1-11(10-15-6-8-16-9-7-15)12-4-2-3-5-13(12)14/h2-5,11H,6-10,14H2,1H3. The second kappa shape index (κ2) is 5.32. The Labute approximate surface area is 97.2 Å². The molecule has 1 unspecified atom stereocenters. The quantitative estimate of drug-likeness (QED) is 0.788. The van der Waals surface area contributed by atoms with E-state index in [9.17, 15) is 0 Å². The minimum atomic E-state index is 0.485. The molecule has 1 aliphatic heterocycles. The number of morpholine rings is 1. The summed E-state index contributed by atoms with van der Waals surface area (Å²) in [5.41, 5.74) is 8.15. The van der Waals surface area contributed by atoms with E-state index in [-0.39, 0.29) is 0 Å². The summed E-state index contributed by atoms with van der Waals surface area (Å²) < 4.78 is 5.34. The Bertz CT molecular complexity index is 334. The molecule has 1 fully saturated rings. The van der Waals surface area contributed by atoms with Gasteiger partial charge in [-0.15, -0.1) is 0 Å². The van der Waals surface area contributed by atoms with Crippen molar-refractivity contribution >= 4 is 5.69 Å². The topological polar surface area (TPSA) is 38.5 Å².